The molecule has 20 heavy (non-hydrogen) atoms. The monoisotopic (exact) mass is 278 g/mol. The minimum atomic E-state index is 0.800. The molecular formula is C16H30N4. The number of hydrogen-bond acceptors (Lipinski definition) is 3. The Morgan fingerprint density at radius 2 is 2.05 bits per heavy atom. The lowest BCUT2D eigenvalue weighted by Crippen LogP contribution is -2.35. The van der Waals surface area contributed by atoms with Crippen LogP contribution in [0.15, 0.2) is 6.20 Å². The van der Waals surface area contributed by atoms with E-state index < -0.39 is 0 Å². The molecule has 1 aromatic heterocycles. The van der Waals surface area contributed by atoms with Crippen LogP contribution in [0.3, 0.4) is 0 Å². The third-order valence-electron chi connectivity index (χ3n) is 4.35. The molecular weight excluding hydrogens is 248 g/mol. The molecule has 2 heterocycles. The molecule has 4 nitrogen and oxygen atoms in total. The summed E-state index contributed by atoms with van der Waals surface area (Å²) in [5, 5.41) is 3.58. The number of imidazole rings is 1. The second kappa shape index (κ2) is 7.67. The highest BCUT2D eigenvalue weighted by molar-refractivity contribution is 5.28. The Hall–Kier alpha value is -1.03. The van der Waals surface area contributed by atoms with E-state index >= 15 is 0 Å². The number of aromatic nitrogens is 2. The van der Waals surface area contributed by atoms with Crippen molar-refractivity contribution in [2.45, 2.75) is 53.0 Å². The molecule has 0 unspecified atom stereocenters. The van der Waals surface area contributed by atoms with Crippen LogP contribution in [0.25, 0.3) is 0 Å². The second-order valence-corrected chi connectivity index (χ2v) is 6.01. The van der Waals surface area contributed by atoms with E-state index in [0.717, 1.165) is 30.6 Å². The van der Waals surface area contributed by atoms with Crippen molar-refractivity contribution in [3.05, 3.63) is 11.9 Å². The topological polar surface area (TPSA) is 33.1 Å². The Balaban J connectivity index is 1.81. The zero-order valence-corrected chi connectivity index (χ0v) is 13.4. The van der Waals surface area contributed by atoms with E-state index in [4.69, 9.17) is 0 Å². The van der Waals surface area contributed by atoms with Crippen molar-refractivity contribution < 1.29 is 0 Å². The van der Waals surface area contributed by atoms with Crippen molar-refractivity contribution in [1.29, 1.82) is 0 Å². The number of hydrogen-bond donors (Lipinski definition) is 1. The fourth-order valence-electron chi connectivity index (χ4n) is 2.93. The lowest BCUT2D eigenvalue weighted by molar-refractivity contribution is 0.198. The summed E-state index contributed by atoms with van der Waals surface area (Å²) < 4.78 is 2.28. The van der Waals surface area contributed by atoms with E-state index in [1.165, 1.54) is 45.3 Å². The zero-order valence-electron chi connectivity index (χ0n) is 13.4. The third-order valence-corrected chi connectivity index (χ3v) is 4.35. The Labute approximate surface area is 123 Å². The molecule has 0 spiro atoms. The number of aryl methyl sites for hydroxylation is 2. The molecule has 1 fully saturated rings. The van der Waals surface area contributed by atoms with Gasteiger partial charge in [-0.25, -0.2) is 4.98 Å². The summed E-state index contributed by atoms with van der Waals surface area (Å²) >= 11 is 0. The zero-order chi connectivity index (χ0) is 14.4. The number of rotatable bonds is 7. The van der Waals surface area contributed by atoms with Gasteiger partial charge in [0.25, 0.3) is 0 Å². The van der Waals surface area contributed by atoms with Gasteiger partial charge in [-0.3, -0.25) is 0 Å². The first-order valence-electron chi connectivity index (χ1n) is 8.23. The van der Waals surface area contributed by atoms with Crippen molar-refractivity contribution in [2.24, 2.45) is 5.92 Å². The van der Waals surface area contributed by atoms with Crippen LogP contribution in [0, 0.1) is 12.8 Å². The standard InChI is InChI=1S/C16H30N4/c1-4-6-9-20-13-14(3)18-16(20)17-12-15-7-10-19(5-2)11-8-15/h13,15H,4-12H2,1-3H3,(H,17,18). The van der Waals surface area contributed by atoms with Crippen molar-refractivity contribution in [3.8, 4) is 0 Å². The highest BCUT2D eigenvalue weighted by atomic mass is 15.2. The first-order valence-corrected chi connectivity index (χ1v) is 8.23. The average Bonchev–Trinajstić information content (AvgIpc) is 2.83. The van der Waals surface area contributed by atoms with Gasteiger partial charge in [0.05, 0.1) is 5.69 Å². The van der Waals surface area contributed by atoms with Gasteiger partial charge in [-0.15, -0.1) is 0 Å². The summed E-state index contributed by atoms with van der Waals surface area (Å²) in [4.78, 5) is 7.16. The molecule has 1 aliphatic heterocycles. The molecule has 4 heteroatoms. The van der Waals surface area contributed by atoms with E-state index in [1.54, 1.807) is 0 Å². The molecule has 114 valence electrons. The molecule has 0 aliphatic carbocycles. The van der Waals surface area contributed by atoms with Crippen LogP contribution in [0.2, 0.25) is 0 Å². The van der Waals surface area contributed by atoms with Gasteiger partial charge < -0.3 is 14.8 Å². The lowest BCUT2D eigenvalue weighted by atomic mass is 9.97. The first kappa shape index (κ1) is 15.4. The Morgan fingerprint density at radius 3 is 2.70 bits per heavy atom. The number of likely N-dealkylation sites (tertiary alicyclic amines) is 1. The van der Waals surface area contributed by atoms with Crippen molar-refractivity contribution in [3.63, 3.8) is 0 Å². The molecule has 1 aromatic rings. The smallest absolute Gasteiger partial charge is 0.203 e. The maximum absolute atomic E-state index is 4.62. The molecule has 0 amide bonds. The molecule has 0 bridgehead atoms. The van der Waals surface area contributed by atoms with Gasteiger partial charge >= 0.3 is 0 Å². The van der Waals surface area contributed by atoms with Gasteiger partial charge in [0.15, 0.2) is 0 Å². The van der Waals surface area contributed by atoms with Gasteiger partial charge in [-0.2, -0.15) is 0 Å². The number of piperidine rings is 1. The predicted molar refractivity (Wildman–Crippen MR) is 85.2 cm³/mol. The van der Waals surface area contributed by atoms with Crippen LogP contribution in [0.5, 0.6) is 0 Å². The molecule has 0 atom stereocenters. The minimum absolute atomic E-state index is 0.800. The van der Waals surface area contributed by atoms with E-state index in [1.807, 2.05) is 0 Å². The quantitative estimate of drug-likeness (QED) is 0.832. The SMILES string of the molecule is CCCCn1cc(C)nc1NCC1CCN(CC)CC1. The van der Waals surface area contributed by atoms with Crippen LogP contribution in [-0.4, -0.2) is 40.6 Å². The number of unbranched alkanes of at least 4 members (excludes halogenated alkanes) is 1. The molecule has 1 aliphatic rings. The molecule has 0 aromatic carbocycles. The second-order valence-electron chi connectivity index (χ2n) is 6.01. The van der Waals surface area contributed by atoms with Gasteiger partial charge in [0.2, 0.25) is 5.95 Å². The normalized spacial score (nSPS) is 17.6. The highest BCUT2D eigenvalue weighted by Gasteiger charge is 2.18. The summed E-state index contributed by atoms with van der Waals surface area (Å²) in [6.45, 7) is 12.4. The maximum Gasteiger partial charge on any atom is 0.203 e. The summed E-state index contributed by atoms with van der Waals surface area (Å²) in [5.74, 6) is 1.86. The van der Waals surface area contributed by atoms with Crippen molar-refractivity contribution in [2.75, 3.05) is 31.5 Å². The molecule has 1 saturated heterocycles. The number of nitrogens with zero attached hydrogens (tertiary/aromatic N) is 3. The largest absolute Gasteiger partial charge is 0.355 e. The van der Waals surface area contributed by atoms with E-state index in [2.05, 4.69) is 46.7 Å². The highest BCUT2D eigenvalue weighted by Crippen LogP contribution is 2.18. The van der Waals surface area contributed by atoms with Crippen LogP contribution >= 0.6 is 0 Å². The summed E-state index contributed by atoms with van der Waals surface area (Å²) in [7, 11) is 0. The van der Waals surface area contributed by atoms with Gasteiger partial charge in [-0.05, 0) is 51.7 Å². The molecule has 2 rings (SSSR count). The summed E-state index contributed by atoms with van der Waals surface area (Å²) in [6, 6.07) is 0. The average molecular weight is 278 g/mol. The minimum Gasteiger partial charge on any atom is -0.355 e. The van der Waals surface area contributed by atoms with Crippen molar-refractivity contribution >= 4 is 5.95 Å². The molecule has 0 radical (unpaired) electrons. The van der Waals surface area contributed by atoms with E-state index in [0.29, 0.717) is 0 Å². The Kier molecular flexibility index (Phi) is 5.89. The molecule has 0 saturated carbocycles. The maximum atomic E-state index is 4.62. The lowest BCUT2D eigenvalue weighted by Gasteiger charge is -2.31. The fourth-order valence-corrected chi connectivity index (χ4v) is 2.93. The Morgan fingerprint density at radius 1 is 1.30 bits per heavy atom. The van der Waals surface area contributed by atoms with Crippen LogP contribution in [0.1, 0.15) is 45.2 Å². The predicted octanol–water partition coefficient (Wildman–Crippen LogP) is 3.14. The number of nitrogens with one attached hydrogen (secondary N) is 1. The van der Waals surface area contributed by atoms with Crippen molar-refractivity contribution in [1.82, 2.24) is 14.5 Å². The van der Waals surface area contributed by atoms with Gasteiger partial charge in [0, 0.05) is 19.3 Å². The van der Waals surface area contributed by atoms with Gasteiger partial charge in [-0.1, -0.05) is 20.3 Å². The summed E-state index contributed by atoms with van der Waals surface area (Å²) in [6.07, 6.45) is 7.24. The van der Waals surface area contributed by atoms with Crippen LogP contribution < -0.4 is 5.32 Å². The Bertz CT molecular complexity index is 391. The van der Waals surface area contributed by atoms with Crippen LogP contribution in [0.4, 0.5) is 5.95 Å². The van der Waals surface area contributed by atoms with Gasteiger partial charge in [0.1, 0.15) is 0 Å². The van der Waals surface area contributed by atoms with E-state index in [9.17, 15) is 0 Å². The third kappa shape index (κ3) is 4.23. The fraction of sp³-hybridized carbons (Fsp3) is 0.812. The first-order chi connectivity index (χ1) is 9.72. The number of anilines is 1. The summed E-state index contributed by atoms with van der Waals surface area (Å²) in [5.41, 5.74) is 1.12. The van der Waals surface area contributed by atoms with Crippen LogP contribution in [-0.2, 0) is 6.54 Å². The molecule has 1 N–H and O–H groups in total. The van der Waals surface area contributed by atoms with E-state index in [-0.39, 0.29) is 0 Å².